The Morgan fingerprint density at radius 2 is 2.15 bits per heavy atom. The van der Waals surface area contributed by atoms with Gasteiger partial charge in [0.15, 0.2) is 11.0 Å². The smallest absolute Gasteiger partial charge is 0.235 e. The number of amides is 1. The van der Waals surface area contributed by atoms with Gasteiger partial charge in [0, 0.05) is 28.1 Å². The van der Waals surface area contributed by atoms with Crippen LogP contribution in [-0.2, 0) is 11.8 Å². The molecule has 3 aromatic heterocycles. The lowest BCUT2D eigenvalue weighted by Gasteiger charge is -2.04. The van der Waals surface area contributed by atoms with Gasteiger partial charge in [-0.3, -0.25) is 4.79 Å². The minimum atomic E-state index is -0.176. The molecule has 0 radical (unpaired) electrons. The summed E-state index contributed by atoms with van der Waals surface area (Å²) in [5, 5.41) is 26.6. The fourth-order valence-corrected chi connectivity index (χ4v) is 5.02. The quantitative estimate of drug-likeness (QED) is 0.493. The maximum absolute atomic E-state index is 12.2. The number of hydrogen-bond donors (Lipinski definition) is 1. The van der Waals surface area contributed by atoms with Crippen LogP contribution >= 0.6 is 34.4 Å². The van der Waals surface area contributed by atoms with Crippen LogP contribution in [-0.4, -0.2) is 26.4 Å². The molecule has 0 atom stereocenters. The van der Waals surface area contributed by atoms with Gasteiger partial charge in [-0.05, 0) is 17.5 Å². The standard InChI is InChI=1S/C18H13N5OS3/c1-23-16(13-9-26-14-5-3-2-4-12(13)14)21-22-18(23)27-10-15(24)20-17-11(8-19)6-7-25-17/h2-7,9H,10H2,1H3,(H,20,24). The topological polar surface area (TPSA) is 83.6 Å². The fourth-order valence-electron chi connectivity index (χ4n) is 2.61. The number of thiophene rings is 2. The predicted octanol–water partition coefficient (Wildman–Crippen LogP) is 4.36. The van der Waals surface area contributed by atoms with E-state index < -0.39 is 0 Å². The van der Waals surface area contributed by atoms with Crippen molar-refractivity contribution in [2.24, 2.45) is 7.05 Å². The van der Waals surface area contributed by atoms with Crippen LogP contribution in [0.3, 0.4) is 0 Å². The summed E-state index contributed by atoms with van der Waals surface area (Å²) < 4.78 is 3.10. The number of fused-ring (bicyclic) bond motifs is 1. The van der Waals surface area contributed by atoms with Gasteiger partial charge >= 0.3 is 0 Å². The van der Waals surface area contributed by atoms with E-state index in [9.17, 15) is 4.79 Å². The molecule has 0 bridgehead atoms. The SMILES string of the molecule is Cn1c(SCC(=O)Nc2sccc2C#N)nnc1-c1csc2ccccc12. The number of benzene rings is 1. The van der Waals surface area contributed by atoms with Crippen molar-refractivity contribution in [2.45, 2.75) is 5.16 Å². The zero-order valence-electron chi connectivity index (χ0n) is 14.2. The molecule has 4 aromatic rings. The van der Waals surface area contributed by atoms with E-state index in [1.165, 1.54) is 27.8 Å². The Bertz CT molecular complexity index is 1170. The molecule has 6 nitrogen and oxygen atoms in total. The molecule has 134 valence electrons. The molecular weight excluding hydrogens is 398 g/mol. The van der Waals surface area contributed by atoms with Crippen LogP contribution in [0.25, 0.3) is 21.5 Å². The molecule has 0 saturated heterocycles. The molecule has 0 saturated carbocycles. The van der Waals surface area contributed by atoms with Crippen molar-refractivity contribution >= 4 is 55.4 Å². The zero-order valence-corrected chi connectivity index (χ0v) is 16.6. The number of nitrogens with zero attached hydrogens (tertiary/aromatic N) is 4. The van der Waals surface area contributed by atoms with Gasteiger partial charge in [0.1, 0.15) is 11.1 Å². The lowest BCUT2D eigenvalue weighted by atomic mass is 10.2. The molecular formula is C18H13N5OS3. The Kier molecular flexibility index (Phi) is 4.94. The van der Waals surface area contributed by atoms with E-state index in [0.29, 0.717) is 15.7 Å². The molecule has 0 aliphatic heterocycles. The molecule has 0 aliphatic carbocycles. The molecule has 3 heterocycles. The van der Waals surface area contributed by atoms with Gasteiger partial charge in [0.2, 0.25) is 5.91 Å². The Balaban J connectivity index is 1.48. The number of nitrogens with one attached hydrogen (secondary N) is 1. The third-order valence-corrected chi connectivity index (χ3v) is 6.74. The third-order valence-electron chi connectivity index (χ3n) is 3.93. The van der Waals surface area contributed by atoms with Crippen molar-refractivity contribution in [2.75, 3.05) is 11.1 Å². The van der Waals surface area contributed by atoms with Crippen LogP contribution in [0.2, 0.25) is 0 Å². The Labute approximate surface area is 167 Å². The molecule has 9 heteroatoms. The summed E-state index contributed by atoms with van der Waals surface area (Å²) in [6.07, 6.45) is 0. The van der Waals surface area contributed by atoms with Gasteiger partial charge in [-0.1, -0.05) is 30.0 Å². The summed E-state index contributed by atoms with van der Waals surface area (Å²) in [6.45, 7) is 0. The van der Waals surface area contributed by atoms with Gasteiger partial charge in [-0.15, -0.1) is 32.9 Å². The van der Waals surface area contributed by atoms with E-state index in [4.69, 9.17) is 5.26 Å². The van der Waals surface area contributed by atoms with Crippen LogP contribution in [0.4, 0.5) is 5.00 Å². The van der Waals surface area contributed by atoms with Gasteiger partial charge in [-0.25, -0.2) is 0 Å². The lowest BCUT2D eigenvalue weighted by molar-refractivity contribution is -0.113. The molecule has 4 rings (SSSR count). The predicted molar refractivity (Wildman–Crippen MR) is 110 cm³/mol. The maximum atomic E-state index is 12.2. The van der Waals surface area contributed by atoms with Gasteiger partial charge in [0.05, 0.1) is 11.3 Å². The summed E-state index contributed by atoms with van der Waals surface area (Å²) in [6, 6.07) is 11.9. The molecule has 0 unspecified atom stereocenters. The minimum Gasteiger partial charge on any atom is -0.316 e. The summed E-state index contributed by atoms with van der Waals surface area (Å²) in [5.41, 5.74) is 1.52. The average Bonchev–Trinajstić information content (AvgIpc) is 3.38. The Morgan fingerprint density at radius 3 is 3.00 bits per heavy atom. The molecule has 1 amide bonds. The number of hydrogen-bond acceptors (Lipinski definition) is 7. The van der Waals surface area contributed by atoms with Crippen molar-refractivity contribution in [1.82, 2.24) is 14.8 Å². The highest BCUT2D eigenvalue weighted by Gasteiger charge is 2.16. The highest BCUT2D eigenvalue weighted by atomic mass is 32.2. The van der Waals surface area contributed by atoms with E-state index in [2.05, 4.69) is 39.1 Å². The first-order valence-electron chi connectivity index (χ1n) is 7.93. The molecule has 27 heavy (non-hydrogen) atoms. The highest BCUT2D eigenvalue weighted by Crippen LogP contribution is 2.33. The first kappa shape index (κ1) is 17.7. The fraction of sp³-hybridized carbons (Fsp3) is 0.111. The normalized spacial score (nSPS) is 10.8. The number of rotatable bonds is 5. The summed E-state index contributed by atoms with van der Waals surface area (Å²) in [7, 11) is 1.90. The van der Waals surface area contributed by atoms with E-state index >= 15 is 0 Å². The molecule has 0 spiro atoms. The van der Waals surface area contributed by atoms with Crippen molar-refractivity contribution in [3.63, 3.8) is 0 Å². The van der Waals surface area contributed by atoms with Gasteiger partial charge in [-0.2, -0.15) is 5.26 Å². The van der Waals surface area contributed by atoms with Gasteiger partial charge < -0.3 is 9.88 Å². The van der Waals surface area contributed by atoms with Crippen LogP contribution in [0.1, 0.15) is 5.56 Å². The van der Waals surface area contributed by atoms with Crippen molar-refractivity contribution in [3.8, 4) is 17.5 Å². The van der Waals surface area contributed by atoms with E-state index in [1.54, 1.807) is 22.8 Å². The summed E-state index contributed by atoms with van der Waals surface area (Å²) in [5.74, 6) is 0.795. The van der Waals surface area contributed by atoms with Crippen molar-refractivity contribution in [3.05, 3.63) is 46.7 Å². The number of carbonyl (C=O) groups excluding carboxylic acids is 1. The maximum Gasteiger partial charge on any atom is 0.235 e. The summed E-state index contributed by atoms with van der Waals surface area (Å²) >= 11 is 4.32. The number of thioether (sulfide) groups is 1. The molecule has 1 N–H and O–H groups in total. The lowest BCUT2D eigenvalue weighted by Crippen LogP contribution is -2.14. The Hall–Kier alpha value is -2.67. The van der Waals surface area contributed by atoms with Crippen LogP contribution < -0.4 is 5.32 Å². The third kappa shape index (κ3) is 3.47. The van der Waals surface area contributed by atoms with Gasteiger partial charge in [0.25, 0.3) is 0 Å². The number of aromatic nitrogens is 3. The van der Waals surface area contributed by atoms with Crippen molar-refractivity contribution < 1.29 is 4.79 Å². The second kappa shape index (κ2) is 7.52. The second-order valence-corrected chi connectivity index (χ2v) is 8.39. The van der Waals surface area contributed by atoms with Crippen molar-refractivity contribution in [1.29, 1.82) is 5.26 Å². The Morgan fingerprint density at radius 1 is 1.30 bits per heavy atom. The van der Waals surface area contributed by atoms with E-state index in [-0.39, 0.29) is 11.7 Å². The van der Waals surface area contributed by atoms with Crippen LogP contribution in [0, 0.1) is 11.3 Å². The van der Waals surface area contributed by atoms with E-state index in [1.807, 2.05) is 23.7 Å². The number of nitriles is 1. The minimum absolute atomic E-state index is 0.176. The van der Waals surface area contributed by atoms with E-state index in [0.717, 1.165) is 16.8 Å². The monoisotopic (exact) mass is 411 g/mol. The highest BCUT2D eigenvalue weighted by molar-refractivity contribution is 7.99. The molecule has 0 aliphatic rings. The summed E-state index contributed by atoms with van der Waals surface area (Å²) in [4.78, 5) is 12.2. The zero-order chi connectivity index (χ0) is 18.8. The van der Waals surface area contributed by atoms with Crippen LogP contribution in [0.5, 0.6) is 0 Å². The largest absolute Gasteiger partial charge is 0.316 e. The first-order chi connectivity index (χ1) is 13.2. The average molecular weight is 412 g/mol. The van der Waals surface area contributed by atoms with Crippen LogP contribution in [0.15, 0.2) is 46.2 Å². The number of carbonyl (C=O) groups is 1. The molecule has 0 fully saturated rings. The first-order valence-corrected chi connectivity index (χ1v) is 10.7. The molecule has 1 aromatic carbocycles. The second-order valence-electron chi connectivity index (χ2n) is 5.62. The number of anilines is 1.